The maximum Gasteiger partial charge on any atom is 0.328 e. The highest BCUT2D eigenvalue weighted by atomic mass is 32.2. The summed E-state index contributed by atoms with van der Waals surface area (Å²) in [7, 11) is 0. The Labute approximate surface area is 124 Å². The van der Waals surface area contributed by atoms with Gasteiger partial charge in [-0.2, -0.15) is 0 Å². The molecule has 9 heteroatoms. The molecule has 0 radical (unpaired) electrons. The first-order valence-electron chi connectivity index (χ1n) is 5.79. The van der Waals surface area contributed by atoms with Crippen LogP contribution in [0.25, 0.3) is 0 Å². The molecule has 0 heterocycles. The van der Waals surface area contributed by atoms with Gasteiger partial charge in [-0.1, -0.05) is 0 Å². The Balaban J connectivity index is 3.87. The summed E-state index contributed by atoms with van der Waals surface area (Å²) >= 11 is 0.0178. The molecule has 0 saturated heterocycles. The van der Waals surface area contributed by atoms with Crippen molar-refractivity contribution >= 4 is 47.4 Å². The Kier molecular flexibility index (Phi) is 8.86. The Morgan fingerprint density at radius 1 is 0.667 bits per heavy atom. The van der Waals surface area contributed by atoms with E-state index in [2.05, 4.69) is 8.37 Å². The van der Waals surface area contributed by atoms with Crippen LogP contribution in [0.1, 0.15) is 39.5 Å². The minimum absolute atomic E-state index is 0.0178. The fourth-order valence-electron chi connectivity index (χ4n) is 1.15. The van der Waals surface area contributed by atoms with E-state index in [0.717, 1.165) is 0 Å². The zero-order chi connectivity index (χ0) is 16.4. The Morgan fingerprint density at radius 3 is 1.29 bits per heavy atom. The quantitative estimate of drug-likeness (QED) is 0.419. The molecule has 116 valence electrons. The lowest BCUT2D eigenvalue weighted by Crippen LogP contribution is -2.13. The average Bonchev–Trinajstić information content (AvgIpc) is 2.25. The highest BCUT2D eigenvalue weighted by molar-refractivity contribution is 7.90. The fraction of sp³-hybridized carbons (Fsp3) is 0.500. The molecule has 0 amide bonds. The largest absolute Gasteiger partial charge is 0.354 e. The van der Waals surface area contributed by atoms with Gasteiger partial charge in [0, 0.05) is 0 Å². The van der Waals surface area contributed by atoms with Gasteiger partial charge in [0.05, 0.1) is 12.8 Å². The molecule has 0 saturated carbocycles. The van der Waals surface area contributed by atoms with Gasteiger partial charge in [-0.3, -0.25) is 28.8 Å². The van der Waals surface area contributed by atoms with Gasteiger partial charge in [-0.15, -0.1) is 0 Å². The molecule has 0 N–H and O–H groups in total. The van der Waals surface area contributed by atoms with E-state index in [-0.39, 0.29) is 36.7 Å². The number of rotatable bonds is 10. The monoisotopic (exact) mass is 318 g/mol. The van der Waals surface area contributed by atoms with Gasteiger partial charge in [-0.25, -0.2) is 0 Å². The molecule has 0 fully saturated rings. The van der Waals surface area contributed by atoms with Crippen LogP contribution >= 0.6 is 12.3 Å². The van der Waals surface area contributed by atoms with Crippen molar-refractivity contribution in [2.75, 3.05) is 0 Å². The molecular formula is C12H14O8S. The van der Waals surface area contributed by atoms with Crippen molar-refractivity contribution < 1.29 is 37.1 Å². The molecule has 0 bridgehead atoms. The summed E-state index contributed by atoms with van der Waals surface area (Å²) < 4.78 is 8.70. The first kappa shape index (κ1) is 19.0. The number of hydrogen-bond acceptors (Lipinski definition) is 9. The van der Waals surface area contributed by atoms with Crippen LogP contribution in [0.5, 0.6) is 0 Å². The molecule has 0 aromatic rings. The smallest absolute Gasteiger partial charge is 0.328 e. The normalized spacial score (nSPS) is 9.62. The second-order valence-corrected chi connectivity index (χ2v) is 4.64. The number of carbonyl (C=O) groups is 6. The molecule has 0 aliphatic heterocycles. The van der Waals surface area contributed by atoms with Crippen molar-refractivity contribution in [3.05, 3.63) is 0 Å². The molecule has 0 atom stereocenters. The number of carbonyl (C=O) groups excluding carboxylic acids is 6. The second kappa shape index (κ2) is 9.81. The van der Waals surface area contributed by atoms with Gasteiger partial charge in [-0.05, 0) is 13.8 Å². The first-order valence-corrected chi connectivity index (χ1v) is 6.46. The first-order chi connectivity index (χ1) is 9.70. The Morgan fingerprint density at radius 2 is 1.00 bits per heavy atom. The van der Waals surface area contributed by atoms with E-state index in [9.17, 15) is 28.8 Å². The van der Waals surface area contributed by atoms with Crippen LogP contribution in [-0.2, 0) is 37.1 Å². The third-order valence-electron chi connectivity index (χ3n) is 1.83. The lowest BCUT2D eigenvalue weighted by molar-refractivity contribution is -0.138. The summed E-state index contributed by atoms with van der Waals surface area (Å²) in [5.41, 5.74) is 0. The van der Waals surface area contributed by atoms with Crippen molar-refractivity contribution in [2.24, 2.45) is 0 Å². The van der Waals surface area contributed by atoms with E-state index in [1.807, 2.05) is 0 Å². The summed E-state index contributed by atoms with van der Waals surface area (Å²) in [6, 6.07) is 0. The predicted octanol–water partition coefficient (Wildman–Crippen LogP) is 0.513. The van der Waals surface area contributed by atoms with Crippen LogP contribution in [0.2, 0.25) is 0 Å². The third kappa shape index (κ3) is 11.5. The molecule has 0 unspecified atom stereocenters. The molecular weight excluding hydrogens is 304 g/mol. The average molecular weight is 318 g/mol. The van der Waals surface area contributed by atoms with E-state index in [1.54, 1.807) is 0 Å². The molecule has 0 aliphatic rings. The van der Waals surface area contributed by atoms with Crippen molar-refractivity contribution in [3.8, 4) is 0 Å². The zero-order valence-corrected chi connectivity index (χ0v) is 12.3. The van der Waals surface area contributed by atoms with Gasteiger partial charge in [0.25, 0.3) is 12.3 Å². The summed E-state index contributed by atoms with van der Waals surface area (Å²) in [4.78, 5) is 65.6. The van der Waals surface area contributed by atoms with Crippen molar-refractivity contribution in [1.29, 1.82) is 0 Å². The van der Waals surface area contributed by atoms with E-state index in [1.165, 1.54) is 13.8 Å². The molecule has 21 heavy (non-hydrogen) atoms. The van der Waals surface area contributed by atoms with Gasteiger partial charge >= 0.3 is 11.9 Å². The fourth-order valence-corrected chi connectivity index (χ4v) is 1.46. The molecule has 0 spiro atoms. The van der Waals surface area contributed by atoms with E-state index < -0.39 is 36.3 Å². The highest BCUT2D eigenvalue weighted by Gasteiger charge is 2.16. The SMILES string of the molecule is CC(=O)CC(=O)CC(=O)OSOC(=O)CC(=O)CC(C)=O. The van der Waals surface area contributed by atoms with Crippen LogP contribution in [0.3, 0.4) is 0 Å². The van der Waals surface area contributed by atoms with Crippen molar-refractivity contribution in [2.45, 2.75) is 39.5 Å². The topological polar surface area (TPSA) is 121 Å². The highest BCUT2D eigenvalue weighted by Crippen LogP contribution is 2.09. The predicted molar refractivity (Wildman–Crippen MR) is 69.6 cm³/mol. The lowest BCUT2D eigenvalue weighted by atomic mass is 10.2. The molecule has 0 rings (SSSR count). The number of hydrogen-bond donors (Lipinski definition) is 0. The minimum Gasteiger partial charge on any atom is -0.354 e. The van der Waals surface area contributed by atoms with Crippen LogP contribution in [0.4, 0.5) is 0 Å². The summed E-state index contributed by atoms with van der Waals surface area (Å²) in [6.45, 7) is 2.41. The molecule has 0 aromatic carbocycles. The van der Waals surface area contributed by atoms with E-state index in [0.29, 0.717) is 0 Å². The van der Waals surface area contributed by atoms with Gasteiger partial charge in [0.2, 0.25) is 0 Å². The van der Waals surface area contributed by atoms with Gasteiger partial charge < -0.3 is 8.37 Å². The Bertz CT molecular complexity index is 426. The number of Topliss-reactive ketones (excluding diaryl/α,β-unsaturated/α-hetero) is 4. The molecule has 0 aromatic heterocycles. The van der Waals surface area contributed by atoms with Crippen LogP contribution in [0, 0.1) is 0 Å². The van der Waals surface area contributed by atoms with Gasteiger partial charge in [0.1, 0.15) is 24.4 Å². The van der Waals surface area contributed by atoms with Crippen LogP contribution < -0.4 is 0 Å². The zero-order valence-electron chi connectivity index (χ0n) is 11.5. The summed E-state index contributed by atoms with van der Waals surface area (Å²) in [5.74, 6) is -3.94. The van der Waals surface area contributed by atoms with Crippen molar-refractivity contribution in [3.63, 3.8) is 0 Å². The molecule has 0 aliphatic carbocycles. The van der Waals surface area contributed by atoms with Crippen molar-refractivity contribution in [1.82, 2.24) is 0 Å². The van der Waals surface area contributed by atoms with Gasteiger partial charge in [0.15, 0.2) is 11.6 Å². The maximum atomic E-state index is 11.1. The minimum atomic E-state index is -0.978. The maximum absolute atomic E-state index is 11.1. The van der Waals surface area contributed by atoms with Crippen LogP contribution in [-0.4, -0.2) is 35.1 Å². The summed E-state index contributed by atoms with van der Waals surface area (Å²) in [5, 5.41) is 0. The lowest BCUT2D eigenvalue weighted by Gasteiger charge is -2.01. The Hall–Kier alpha value is -2.03. The van der Waals surface area contributed by atoms with E-state index in [4.69, 9.17) is 0 Å². The second-order valence-electron chi connectivity index (χ2n) is 4.17. The third-order valence-corrected chi connectivity index (χ3v) is 2.34. The van der Waals surface area contributed by atoms with Crippen LogP contribution in [0.15, 0.2) is 0 Å². The van der Waals surface area contributed by atoms with E-state index >= 15 is 0 Å². The number of ketones is 4. The standard InChI is InChI=1S/C12H14O8S/c1-7(13)3-9(15)5-11(17)19-21-20-12(18)6-10(16)4-8(2)14/h3-6H2,1-2H3. The summed E-state index contributed by atoms with van der Waals surface area (Å²) in [6.07, 6.45) is -1.99. The molecule has 8 nitrogen and oxygen atoms in total.